The smallest absolute Gasteiger partial charge is 0.107 e. The summed E-state index contributed by atoms with van der Waals surface area (Å²) in [5.41, 5.74) is 0.889. The molecule has 0 radical (unpaired) electrons. The van der Waals surface area contributed by atoms with Crippen molar-refractivity contribution in [1.29, 1.82) is 5.26 Å². The fourth-order valence-corrected chi connectivity index (χ4v) is 2.60. The summed E-state index contributed by atoms with van der Waals surface area (Å²) in [6.07, 6.45) is 5.06. The van der Waals surface area contributed by atoms with Crippen LogP contribution in [0.15, 0.2) is 24.3 Å². The molecule has 0 aromatic heterocycles. The van der Waals surface area contributed by atoms with Crippen molar-refractivity contribution in [1.82, 2.24) is 5.32 Å². The molecular formula is C14H17ClN2. The van der Waals surface area contributed by atoms with Crippen LogP contribution in [0, 0.1) is 11.3 Å². The summed E-state index contributed by atoms with van der Waals surface area (Å²) in [5, 5.41) is 13.5. The lowest BCUT2D eigenvalue weighted by Gasteiger charge is -2.32. The number of halogens is 1. The summed E-state index contributed by atoms with van der Waals surface area (Å²) in [7, 11) is 0. The van der Waals surface area contributed by atoms with Crippen LogP contribution in [-0.4, -0.2) is 12.1 Å². The maximum atomic E-state index is 9.34. The van der Waals surface area contributed by atoms with Crippen LogP contribution in [0.3, 0.4) is 0 Å². The maximum Gasteiger partial charge on any atom is 0.107 e. The molecule has 1 aromatic carbocycles. The highest BCUT2D eigenvalue weighted by Gasteiger charge is 2.30. The molecule has 1 saturated heterocycles. The van der Waals surface area contributed by atoms with Gasteiger partial charge in [0.25, 0.3) is 0 Å². The van der Waals surface area contributed by atoms with E-state index in [2.05, 4.69) is 17.5 Å². The monoisotopic (exact) mass is 248 g/mol. The van der Waals surface area contributed by atoms with E-state index in [1.165, 1.54) is 12.0 Å². The van der Waals surface area contributed by atoms with Crippen LogP contribution < -0.4 is 5.32 Å². The molecule has 1 N–H and O–H groups in total. The number of aryl methyl sites for hydroxylation is 1. The van der Waals surface area contributed by atoms with Gasteiger partial charge in [-0.3, -0.25) is 5.32 Å². The van der Waals surface area contributed by atoms with Crippen LogP contribution in [0.4, 0.5) is 0 Å². The van der Waals surface area contributed by atoms with E-state index in [1.807, 2.05) is 18.2 Å². The molecule has 0 amide bonds. The third-order valence-corrected chi connectivity index (χ3v) is 3.67. The predicted molar refractivity (Wildman–Crippen MR) is 70.0 cm³/mol. The summed E-state index contributed by atoms with van der Waals surface area (Å²) < 4.78 is 0. The molecular weight excluding hydrogens is 232 g/mol. The number of hydrogen-bond acceptors (Lipinski definition) is 2. The first-order valence-corrected chi connectivity index (χ1v) is 6.53. The Morgan fingerprint density at radius 2 is 2.29 bits per heavy atom. The summed E-state index contributed by atoms with van der Waals surface area (Å²) in [6.45, 7) is 0.961. The topological polar surface area (TPSA) is 35.8 Å². The lowest BCUT2D eigenvalue weighted by atomic mass is 9.85. The Hall–Kier alpha value is -1.04. The van der Waals surface area contributed by atoms with Gasteiger partial charge in [0.15, 0.2) is 0 Å². The van der Waals surface area contributed by atoms with Crippen molar-refractivity contribution in [3.63, 3.8) is 0 Å². The van der Waals surface area contributed by atoms with Crippen molar-refractivity contribution in [2.45, 2.75) is 37.6 Å². The molecule has 3 heteroatoms. The van der Waals surface area contributed by atoms with Crippen molar-refractivity contribution in [2.24, 2.45) is 0 Å². The molecule has 1 unspecified atom stereocenters. The minimum Gasteiger partial charge on any atom is -0.299 e. The highest BCUT2D eigenvalue weighted by Crippen LogP contribution is 2.24. The Morgan fingerprint density at radius 1 is 1.41 bits per heavy atom. The van der Waals surface area contributed by atoms with Gasteiger partial charge in [-0.2, -0.15) is 5.26 Å². The second kappa shape index (κ2) is 5.53. The molecule has 0 spiro atoms. The first kappa shape index (κ1) is 12.4. The minimum atomic E-state index is -0.319. The van der Waals surface area contributed by atoms with Crippen molar-refractivity contribution < 1.29 is 0 Å². The Labute approximate surface area is 108 Å². The van der Waals surface area contributed by atoms with Crippen molar-refractivity contribution in [3.05, 3.63) is 34.9 Å². The number of benzene rings is 1. The average Bonchev–Trinajstić information content (AvgIpc) is 2.38. The van der Waals surface area contributed by atoms with E-state index in [4.69, 9.17) is 11.6 Å². The minimum absolute atomic E-state index is 0.319. The third-order valence-electron chi connectivity index (χ3n) is 3.44. The molecule has 2 rings (SSSR count). The summed E-state index contributed by atoms with van der Waals surface area (Å²) in [5.74, 6) is 0. The molecule has 1 aliphatic heterocycles. The molecule has 1 aromatic rings. The standard InChI is InChI=1S/C14H17ClN2/c15-13-5-3-4-12(10-13)6-8-14(11-16)7-1-2-9-17-14/h3-5,10,17H,1-2,6-9H2. The Balaban J connectivity index is 1.98. The van der Waals surface area contributed by atoms with Crippen LogP contribution in [0.5, 0.6) is 0 Å². The molecule has 2 nitrogen and oxygen atoms in total. The highest BCUT2D eigenvalue weighted by molar-refractivity contribution is 6.30. The lowest BCUT2D eigenvalue weighted by molar-refractivity contribution is 0.305. The van der Waals surface area contributed by atoms with Gasteiger partial charge in [-0.15, -0.1) is 0 Å². The molecule has 0 aliphatic carbocycles. The zero-order valence-electron chi connectivity index (χ0n) is 9.88. The van der Waals surface area contributed by atoms with Crippen molar-refractivity contribution in [2.75, 3.05) is 6.54 Å². The molecule has 1 heterocycles. The molecule has 90 valence electrons. The largest absolute Gasteiger partial charge is 0.299 e. The van der Waals surface area contributed by atoms with Gasteiger partial charge in [0.1, 0.15) is 5.54 Å². The molecule has 0 saturated carbocycles. The fraction of sp³-hybridized carbons (Fsp3) is 0.500. The number of piperidine rings is 1. The molecule has 17 heavy (non-hydrogen) atoms. The van der Waals surface area contributed by atoms with Crippen molar-refractivity contribution in [3.8, 4) is 6.07 Å². The van der Waals surface area contributed by atoms with E-state index in [9.17, 15) is 5.26 Å². The number of nitrogens with zero attached hydrogens (tertiary/aromatic N) is 1. The molecule has 0 bridgehead atoms. The second-order valence-corrected chi connectivity index (χ2v) is 5.14. The summed E-state index contributed by atoms with van der Waals surface area (Å²) in [6, 6.07) is 10.4. The maximum absolute atomic E-state index is 9.34. The summed E-state index contributed by atoms with van der Waals surface area (Å²) >= 11 is 5.95. The van der Waals surface area contributed by atoms with Gasteiger partial charge in [-0.25, -0.2) is 0 Å². The van der Waals surface area contributed by atoms with Gasteiger partial charge >= 0.3 is 0 Å². The second-order valence-electron chi connectivity index (χ2n) is 4.71. The van der Waals surface area contributed by atoms with E-state index >= 15 is 0 Å². The third kappa shape index (κ3) is 3.21. The van der Waals surface area contributed by atoms with Gasteiger partial charge in [0, 0.05) is 5.02 Å². The van der Waals surface area contributed by atoms with Gasteiger partial charge in [-0.05, 0) is 56.3 Å². The van der Waals surface area contributed by atoms with Crippen LogP contribution in [0.25, 0.3) is 0 Å². The van der Waals surface area contributed by atoms with E-state index < -0.39 is 0 Å². The van der Waals surface area contributed by atoms with Crippen LogP contribution in [0.1, 0.15) is 31.2 Å². The Morgan fingerprint density at radius 3 is 2.94 bits per heavy atom. The van der Waals surface area contributed by atoms with Gasteiger partial charge in [-0.1, -0.05) is 23.7 Å². The van der Waals surface area contributed by atoms with Crippen LogP contribution in [0.2, 0.25) is 5.02 Å². The number of nitriles is 1. The zero-order chi connectivity index (χ0) is 12.1. The lowest BCUT2D eigenvalue weighted by Crippen LogP contribution is -2.47. The molecule has 1 fully saturated rings. The normalized spacial score (nSPS) is 24.2. The van der Waals surface area contributed by atoms with E-state index in [1.54, 1.807) is 0 Å². The van der Waals surface area contributed by atoms with Gasteiger partial charge < -0.3 is 0 Å². The van der Waals surface area contributed by atoms with Crippen LogP contribution in [-0.2, 0) is 6.42 Å². The molecule has 1 aliphatic rings. The summed E-state index contributed by atoms with van der Waals surface area (Å²) in [4.78, 5) is 0. The predicted octanol–water partition coefficient (Wildman–Crippen LogP) is 3.31. The number of hydrogen-bond donors (Lipinski definition) is 1. The Bertz CT molecular complexity index is 416. The Kier molecular flexibility index (Phi) is 4.04. The van der Waals surface area contributed by atoms with Crippen molar-refractivity contribution >= 4 is 11.6 Å². The van der Waals surface area contributed by atoms with Gasteiger partial charge in [0.2, 0.25) is 0 Å². The first-order valence-electron chi connectivity index (χ1n) is 6.15. The SMILES string of the molecule is N#CC1(CCc2cccc(Cl)c2)CCCCN1. The average molecular weight is 249 g/mol. The fourth-order valence-electron chi connectivity index (χ4n) is 2.38. The van der Waals surface area contributed by atoms with E-state index in [0.717, 1.165) is 37.3 Å². The number of rotatable bonds is 3. The molecule has 1 atom stereocenters. The van der Waals surface area contributed by atoms with E-state index in [-0.39, 0.29) is 5.54 Å². The highest BCUT2D eigenvalue weighted by atomic mass is 35.5. The van der Waals surface area contributed by atoms with Crippen LogP contribution >= 0.6 is 11.6 Å². The quantitative estimate of drug-likeness (QED) is 0.891. The first-order chi connectivity index (χ1) is 8.24. The zero-order valence-corrected chi connectivity index (χ0v) is 10.6. The van der Waals surface area contributed by atoms with Gasteiger partial charge in [0.05, 0.1) is 6.07 Å². The van der Waals surface area contributed by atoms with E-state index in [0.29, 0.717) is 0 Å². The number of nitrogens with one attached hydrogen (secondary N) is 1.